The lowest BCUT2D eigenvalue weighted by Crippen LogP contribution is -2.14. The largest absolute Gasteiger partial charge is 0.497 e. The van der Waals surface area contributed by atoms with E-state index >= 15 is 0 Å². The first-order valence-electron chi connectivity index (χ1n) is 5.96. The highest BCUT2D eigenvalue weighted by Crippen LogP contribution is 2.24. The highest BCUT2D eigenvalue weighted by atomic mass is 32.1. The summed E-state index contributed by atoms with van der Waals surface area (Å²) < 4.78 is 7.13. The minimum atomic E-state index is 0.350. The van der Waals surface area contributed by atoms with E-state index in [1.165, 1.54) is 0 Å². The summed E-state index contributed by atoms with van der Waals surface area (Å²) in [5.74, 6) is 0.750. The van der Waals surface area contributed by atoms with E-state index in [4.69, 9.17) is 22.7 Å². The van der Waals surface area contributed by atoms with Crippen LogP contribution in [0, 0.1) is 20.8 Å². The SMILES string of the molecule is COc1ccc(C(N)=S)c(-n2nc(C)c(C)c2C)c1. The Morgan fingerprint density at radius 2 is 2.00 bits per heavy atom. The first-order valence-corrected chi connectivity index (χ1v) is 6.37. The number of aromatic nitrogens is 2. The van der Waals surface area contributed by atoms with Gasteiger partial charge in [0.25, 0.3) is 0 Å². The van der Waals surface area contributed by atoms with E-state index in [0.717, 1.165) is 34.0 Å². The molecule has 1 aromatic heterocycles. The Hall–Kier alpha value is -1.88. The van der Waals surface area contributed by atoms with Crippen molar-refractivity contribution in [3.8, 4) is 11.4 Å². The molecule has 1 heterocycles. The van der Waals surface area contributed by atoms with E-state index in [0.29, 0.717) is 4.99 Å². The molecular formula is C14H17N3OS. The van der Waals surface area contributed by atoms with Gasteiger partial charge in [0, 0.05) is 17.3 Å². The first-order chi connectivity index (χ1) is 8.95. The zero-order valence-corrected chi connectivity index (χ0v) is 12.3. The van der Waals surface area contributed by atoms with Gasteiger partial charge < -0.3 is 10.5 Å². The second kappa shape index (κ2) is 5.01. The number of methoxy groups -OCH3 is 1. The topological polar surface area (TPSA) is 53.1 Å². The van der Waals surface area contributed by atoms with E-state index in [1.54, 1.807) is 7.11 Å². The molecule has 2 aromatic rings. The van der Waals surface area contributed by atoms with Crippen LogP contribution in [0.5, 0.6) is 5.75 Å². The fourth-order valence-electron chi connectivity index (χ4n) is 1.98. The molecule has 2 rings (SSSR count). The van der Waals surface area contributed by atoms with Crippen LogP contribution in [0.15, 0.2) is 18.2 Å². The Bertz CT molecular complexity index is 646. The Morgan fingerprint density at radius 3 is 2.47 bits per heavy atom. The molecule has 0 bridgehead atoms. The highest BCUT2D eigenvalue weighted by molar-refractivity contribution is 7.80. The van der Waals surface area contributed by atoms with Crippen molar-refractivity contribution < 1.29 is 4.74 Å². The predicted octanol–water partition coefficient (Wildman–Crippen LogP) is 2.44. The molecule has 0 fully saturated rings. The number of nitrogens with zero attached hydrogens (tertiary/aromatic N) is 2. The van der Waals surface area contributed by atoms with Crippen molar-refractivity contribution in [2.75, 3.05) is 7.11 Å². The van der Waals surface area contributed by atoms with Crippen LogP contribution in [-0.2, 0) is 0 Å². The monoisotopic (exact) mass is 275 g/mol. The first kappa shape index (κ1) is 13.5. The van der Waals surface area contributed by atoms with Gasteiger partial charge in [0.2, 0.25) is 0 Å². The number of aryl methyl sites for hydroxylation is 1. The molecule has 1 aromatic carbocycles. The summed E-state index contributed by atoms with van der Waals surface area (Å²) in [6.07, 6.45) is 0. The standard InChI is InChI=1S/C14H17N3OS/c1-8-9(2)16-17(10(8)3)13-7-11(18-4)5-6-12(13)14(15)19/h5-7H,1-4H3,(H2,15,19). The molecule has 2 N–H and O–H groups in total. The summed E-state index contributed by atoms with van der Waals surface area (Å²) in [5, 5.41) is 4.54. The average molecular weight is 275 g/mol. The molecule has 5 heteroatoms. The summed E-state index contributed by atoms with van der Waals surface area (Å²) >= 11 is 5.11. The Kier molecular flexibility index (Phi) is 3.57. The lowest BCUT2D eigenvalue weighted by molar-refractivity contribution is 0.414. The van der Waals surface area contributed by atoms with Gasteiger partial charge in [0.15, 0.2) is 0 Å². The molecular weight excluding hydrogens is 258 g/mol. The Labute approximate surface area is 118 Å². The summed E-state index contributed by atoms with van der Waals surface area (Å²) in [6, 6.07) is 5.60. The molecule has 4 nitrogen and oxygen atoms in total. The van der Waals surface area contributed by atoms with Crippen molar-refractivity contribution in [2.24, 2.45) is 5.73 Å². The van der Waals surface area contributed by atoms with Crippen LogP contribution >= 0.6 is 12.2 Å². The van der Waals surface area contributed by atoms with Gasteiger partial charge >= 0.3 is 0 Å². The van der Waals surface area contributed by atoms with Crippen molar-refractivity contribution in [1.82, 2.24) is 9.78 Å². The normalized spacial score (nSPS) is 10.5. The van der Waals surface area contributed by atoms with Crippen LogP contribution in [0.2, 0.25) is 0 Å². The fourth-order valence-corrected chi connectivity index (χ4v) is 2.15. The smallest absolute Gasteiger partial charge is 0.121 e. The lowest BCUT2D eigenvalue weighted by Gasteiger charge is -2.12. The van der Waals surface area contributed by atoms with Crippen molar-refractivity contribution in [2.45, 2.75) is 20.8 Å². The maximum absolute atomic E-state index is 5.79. The highest BCUT2D eigenvalue weighted by Gasteiger charge is 2.14. The number of nitrogens with two attached hydrogens (primary N) is 1. The van der Waals surface area contributed by atoms with E-state index in [1.807, 2.05) is 36.7 Å². The van der Waals surface area contributed by atoms with Crippen molar-refractivity contribution in [3.63, 3.8) is 0 Å². The predicted molar refractivity (Wildman–Crippen MR) is 80.2 cm³/mol. The van der Waals surface area contributed by atoms with Crippen LogP contribution < -0.4 is 10.5 Å². The third-order valence-electron chi connectivity index (χ3n) is 3.35. The molecule has 0 radical (unpaired) electrons. The average Bonchev–Trinajstić information content (AvgIpc) is 2.65. The summed E-state index contributed by atoms with van der Waals surface area (Å²) in [5.41, 5.74) is 10.7. The number of ether oxygens (including phenoxy) is 1. The molecule has 0 aliphatic rings. The third-order valence-corrected chi connectivity index (χ3v) is 3.57. The van der Waals surface area contributed by atoms with Crippen LogP contribution in [0.4, 0.5) is 0 Å². The van der Waals surface area contributed by atoms with Gasteiger partial charge in [-0.15, -0.1) is 0 Å². The zero-order valence-electron chi connectivity index (χ0n) is 11.5. The van der Waals surface area contributed by atoms with Gasteiger partial charge in [-0.25, -0.2) is 4.68 Å². The van der Waals surface area contributed by atoms with Crippen molar-refractivity contribution >= 4 is 17.2 Å². The molecule has 0 saturated heterocycles. The van der Waals surface area contributed by atoms with Crippen LogP contribution in [-0.4, -0.2) is 21.9 Å². The number of thiocarbonyl (C=S) groups is 1. The maximum Gasteiger partial charge on any atom is 0.121 e. The van der Waals surface area contributed by atoms with Crippen LogP contribution in [0.3, 0.4) is 0 Å². The molecule has 0 saturated carbocycles. The molecule has 0 amide bonds. The minimum absolute atomic E-state index is 0.350. The summed E-state index contributed by atoms with van der Waals surface area (Å²) in [4.78, 5) is 0.350. The molecule has 0 aliphatic carbocycles. The van der Waals surface area contributed by atoms with E-state index in [2.05, 4.69) is 12.0 Å². The Balaban J connectivity index is 2.71. The van der Waals surface area contributed by atoms with Crippen molar-refractivity contribution in [1.29, 1.82) is 0 Å². The third kappa shape index (κ3) is 2.33. The molecule has 19 heavy (non-hydrogen) atoms. The van der Waals surface area contributed by atoms with Gasteiger partial charge in [-0.2, -0.15) is 5.10 Å². The zero-order chi connectivity index (χ0) is 14.2. The van der Waals surface area contributed by atoms with Gasteiger partial charge in [0.05, 0.1) is 18.5 Å². The van der Waals surface area contributed by atoms with Gasteiger partial charge in [-0.05, 0) is 38.5 Å². The van der Waals surface area contributed by atoms with Crippen molar-refractivity contribution in [3.05, 3.63) is 40.7 Å². The lowest BCUT2D eigenvalue weighted by atomic mass is 10.1. The van der Waals surface area contributed by atoms with E-state index in [9.17, 15) is 0 Å². The molecule has 0 atom stereocenters. The fraction of sp³-hybridized carbons (Fsp3) is 0.286. The van der Waals surface area contributed by atoms with Gasteiger partial charge in [-0.3, -0.25) is 0 Å². The van der Waals surface area contributed by atoms with E-state index in [-0.39, 0.29) is 0 Å². The maximum atomic E-state index is 5.79. The molecule has 0 spiro atoms. The van der Waals surface area contributed by atoms with Crippen LogP contribution in [0.1, 0.15) is 22.5 Å². The van der Waals surface area contributed by atoms with E-state index < -0.39 is 0 Å². The number of benzene rings is 1. The van der Waals surface area contributed by atoms with Crippen LogP contribution in [0.25, 0.3) is 5.69 Å². The minimum Gasteiger partial charge on any atom is -0.497 e. The second-order valence-electron chi connectivity index (χ2n) is 4.45. The summed E-state index contributed by atoms with van der Waals surface area (Å²) in [6.45, 7) is 6.06. The summed E-state index contributed by atoms with van der Waals surface area (Å²) in [7, 11) is 1.63. The number of rotatable bonds is 3. The Morgan fingerprint density at radius 1 is 1.32 bits per heavy atom. The van der Waals surface area contributed by atoms with Gasteiger partial charge in [-0.1, -0.05) is 12.2 Å². The quantitative estimate of drug-likeness (QED) is 0.874. The van der Waals surface area contributed by atoms with Gasteiger partial charge in [0.1, 0.15) is 10.7 Å². The second-order valence-corrected chi connectivity index (χ2v) is 4.89. The number of hydrogen-bond donors (Lipinski definition) is 1. The molecule has 100 valence electrons. The molecule has 0 aliphatic heterocycles. The molecule has 0 unspecified atom stereocenters. The number of hydrogen-bond acceptors (Lipinski definition) is 3.